The number of carbonyl (C=O) groups is 1. The van der Waals surface area contributed by atoms with E-state index in [1.54, 1.807) is 24.3 Å². The Hall–Kier alpha value is -2.25. The normalized spacial score (nSPS) is 14.0. The van der Waals surface area contributed by atoms with E-state index in [0.29, 0.717) is 26.2 Å². The van der Waals surface area contributed by atoms with Gasteiger partial charge < -0.3 is 5.32 Å². The molecule has 0 unspecified atom stereocenters. The lowest BCUT2D eigenvalue weighted by atomic mass is 10.0. The number of anilines is 1. The molecule has 0 bridgehead atoms. The van der Waals surface area contributed by atoms with Crippen LogP contribution in [0, 0.1) is 10.1 Å². The molecule has 8 heteroatoms. The number of para-hydroxylation sites is 1. The Morgan fingerprint density at radius 1 is 1.33 bits per heavy atom. The molecule has 1 amide bonds. The van der Waals surface area contributed by atoms with Gasteiger partial charge in [-0.25, -0.2) is 0 Å². The molecule has 1 aliphatic heterocycles. The SMILES string of the molecule is O=C1CN=C(c2ccccc2[N+](=O)[O-])c2cc(Cl)sc2N1. The number of aliphatic imine (C=N–C) groups is 1. The van der Waals surface area contributed by atoms with E-state index in [1.807, 2.05) is 0 Å². The number of nitrogens with zero attached hydrogens (tertiary/aromatic N) is 2. The molecular formula is C13H8ClN3O3S. The summed E-state index contributed by atoms with van der Waals surface area (Å²) in [6, 6.07) is 7.96. The Labute approximate surface area is 128 Å². The first-order valence-electron chi connectivity index (χ1n) is 5.94. The molecule has 1 N–H and O–H groups in total. The van der Waals surface area contributed by atoms with E-state index in [4.69, 9.17) is 11.6 Å². The first-order chi connectivity index (χ1) is 10.1. The van der Waals surface area contributed by atoms with Crippen LogP contribution < -0.4 is 5.32 Å². The lowest BCUT2D eigenvalue weighted by Gasteiger charge is -2.05. The van der Waals surface area contributed by atoms with Crippen molar-refractivity contribution in [3.63, 3.8) is 0 Å². The standard InChI is InChI=1S/C13H8ClN3O3S/c14-10-5-8-12(15-6-11(18)16-13(8)21-10)7-3-1-2-4-9(7)17(19)20/h1-5H,6H2,(H,16,18). The van der Waals surface area contributed by atoms with E-state index in [0.717, 1.165) is 0 Å². The molecule has 0 atom stereocenters. The lowest BCUT2D eigenvalue weighted by Crippen LogP contribution is -2.12. The fraction of sp³-hybridized carbons (Fsp3) is 0.0769. The molecular weight excluding hydrogens is 314 g/mol. The predicted octanol–water partition coefficient (Wildman–Crippen LogP) is 3.10. The van der Waals surface area contributed by atoms with Crippen molar-refractivity contribution in [2.24, 2.45) is 4.99 Å². The summed E-state index contributed by atoms with van der Waals surface area (Å²) in [6.07, 6.45) is 0. The van der Waals surface area contributed by atoms with Gasteiger partial charge in [0.2, 0.25) is 5.91 Å². The van der Waals surface area contributed by atoms with Crippen molar-refractivity contribution in [1.82, 2.24) is 0 Å². The van der Waals surface area contributed by atoms with Crippen molar-refractivity contribution < 1.29 is 9.72 Å². The number of halogens is 1. The first-order valence-corrected chi connectivity index (χ1v) is 7.13. The van der Waals surface area contributed by atoms with Crippen molar-refractivity contribution in [2.45, 2.75) is 0 Å². The summed E-state index contributed by atoms with van der Waals surface area (Å²) >= 11 is 7.19. The van der Waals surface area contributed by atoms with Crippen LogP contribution in [-0.2, 0) is 4.79 Å². The number of carbonyl (C=O) groups excluding carboxylic acids is 1. The van der Waals surface area contributed by atoms with E-state index < -0.39 is 4.92 Å². The van der Waals surface area contributed by atoms with Gasteiger partial charge in [-0.15, -0.1) is 11.3 Å². The number of nitro groups is 1. The van der Waals surface area contributed by atoms with Crippen LogP contribution in [0.2, 0.25) is 4.34 Å². The van der Waals surface area contributed by atoms with Crippen LogP contribution in [0.4, 0.5) is 10.7 Å². The zero-order chi connectivity index (χ0) is 15.0. The van der Waals surface area contributed by atoms with Crippen molar-refractivity contribution in [3.8, 4) is 0 Å². The second-order valence-electron chi connectivity index (χ2n) is 4.28. The minimum Gasteiger partial charge on any atom is -0.315 e. The highest BCUT2D eigenvalue weighted by molar-refractivity contribution is 7.20. The maximum absolute atomic E-state index is 11.7. The maximum Gasteiger partial charge on any atom is 0.278 e. The fourth-order valence-electron chi connectivity index (χ4n) is 2.10. The predicted molar refractivity (Wildman–Crippen MR) is 81.6 cm³/mol. The van der Waals surface area contributed by atoms with Crippen LogP contribution in [0.15, 0.2) is 35.3 Å². The second kappa shape index (κ2) is 5.27. The van der Waals surface area contributed by atoms with Gasteiger partial charge in [0.1, 0.15) is 11.5 Å². The third kappa shape index (κ3) is 2.53. The zero-order valence-electron chi connectivity index (χ0n) is 10.5. The third-order valence-corrected chi connectivity index (χ3v) is 4.13. The van der Waals surface area contributed by atoms with Gasteiger partial charge in [-0.1, -0.05) is 23.7 Å². The molecule has 1 aliphatic rings. The monoisotopic (exact) mass is 321 g/mol. The van der Waals surface area contributed by atoms with Crippen molar-refractivity contribution in [2.75, 3.05) is 11.9 Å². The molecule has 0 saturated heterocycles. The number of benzene rings is 1. The van der Waals surface area contributed by atoms with Crippen LogP contribution in [0.5, 0.6) is 0 Å². The third-order valence-electron chi connectivity index (χ3n) is 2.95. The highest BCUT2D eigenvalue weighted by Crippen LogP contribution is 2.36. The van der Waals surface area contributed by atoms with Gasteiger partial charge in [0.25, 0.3) is 5.69 Å². The molecule has 0 spiro atoms. The molecule has 0 fully saturated rings. The van der Waals surface area contributed by atoms with Gasteiger partial charge in [0, 0.05) is 11.6 Å². The molecule has 3 rings (SSSR count). The Morgan fingerprint density at radius 3 is 2.86 bits per heavy atom. The molecule has 2 aromatic rings. The fourth-order valence-corrected chi connectivity index (χ4v) is 3.24. The van der Waals surface area contributed by atoms with E-state index in [1.165, 1.54) is 17.4 Å². The molecule has 2 heterocycles. The zero-order valence-corrected chi connectivity index (χ0v) is 12.1. The number of hydrogen-bond acceptors (Lipinski definition) is 5. The first kappa shape index (κ1) is 13.7. The van der Waals surface area contributed by atoms with Crippen molar-refractivity contribution in [1.29, 1.82) is 0 Å². The highest BCUT2D eigenvalue weighted by Gasteiger charge is 2.25. The lowest BCUT2D eigenvalue weighted by molar-refractivity contribution is -0.385. The summed E-state index contributed by atoms with van der Waals surface area (Å²) in [7, 11) is 0. The molecule has 21 heavy (non-hydrogen) atoms. The Bertz CT molecular complexity index is 785. The molecule has 6 nitrogen and oxygen atoms in total. The Kier molecular flexibility index (Phi) is 3.44. The number of nitrogens with one attached hydrogen (secondary N) is 1. The molecule has 1 aromatic carbocycles. The van der Waals surface area contributed by atoms with E-state index >= 15 is 0 Å². The average Bonchev–Trinajstić information content (AvgIpc) is 2.72. The summed E-state index contributed by atoms with van der Waals surface area (Å²) in [4.78, 5) is 26.6. The molecule has 106 valence electrons. The smallest absolute Gasteiger partial charge is 0.278 e. The van der Waals surface area contributed by atoms with Crippen molar-refractivity contribution >= 4 is 45.2 Å². The van der Waals surface area contributed by atoms with Crippen LogP contribution in [-0.4, -0.2) is 23.1 Å². The van der Waals surface area contributed by atoms with E-state index in [9.17, 15) is 14.9 Å². The van der Waals surface area contributed by atoms with Crippen LogP contribution in [0.25, 0.3) is 0 Å². The summed E-state index contributed by atoms with van der Waals surface area (Å²) in [5.74, 6) is -0.275. The Balaban J connectivity index is 2.22. The van der Waals surface area contributed by atoms with Crippen LogP contribution in [0.3, 0.4) is 0 Å². The van der Waals surface area contributed by atoms with Gasteiger partial charge in [-0.05, 0) is 12.1 Å². The maximum atomic E-state index is 11.7. The second-order valence-corrected chi connectivity index (χ2v) is 5.96. The average molecular weight is 322 g/mol. The molecule has 0 aliphatic carbocycles. The van der Waals surface area contributed by atoms with Crippen LogP contribution in [0.1, 0.15) is 11.1 Å². The number of hydrogen-bond donors (Lipinski definition) is 1. The summed E-state index contributed by atoms with van der Waals surface area (Å²) in [5, 5.41) is 14.4. The molecule has 0 saturated carbocycles. The van der Waals surface area contributed by atoms with Crippen molar-refractivity contribution in [3.05, 3.63) is 55.9 Å². The van der Waals surface area contributed by atoms with Crippen LogP contribution >= 0.6 is 22.9 Å². The summed E-state index contributed by atoms with van der Waals surface area (Å²) in [5.41, 5.74) is 1.32. The van der Waals surface area contributed by atoms with Gasteiger partial charge >= 0.3 is 0 Å². The van der Waals surface area contributed by atoms with Gasteiger partial charge in [-0.2, -0.15) is 0 Å². The summed E-state index contributed by atoms with van der Waals surface area (Å²) < 4.78 is 0.480. The highest BCUT2D eigenvalue weighted by atomic mass is 35.5. The number of fused-ring (bicyclic) bond motifs is 1. The Morgan fingerprint density at radius 2 is 2.10 bits per heavy atom. The quantitative estimate of drug-likeness (QED) is 0.681. The van der Waals surface area contributed by atoms with Gasteiger partial charge in [-0.3, -0.25) is 19.9 Å². The largest absolute Gasteiger partial charge is 0.315 e. The van der Waals surface area contributed by atoms with Gasteiger partial charge in [0.05, 0.1) is 20.5 Å². The molecule has 0 radical (unpaired) electrons. The van der Waals surface area contributed by atoms with E-state index in [-0.39, 0.29) is 18.1 Å². The minimum atomic E-state index is -0.467. The number of nitro benzene ring substituents is 1. The minimum absolute atomic E-state index is 0.0566. The van der Waals surface area contributed by atoms with E-state index in [2.05, 4.69) is 10.3 Å². The number of thiophene rings is 1. The summed E-state index contributed by atoms with van der Waals surface area (Å²) in [6.45, 7) is -0.0829. The topological polar surface area (TPSA) is 84.6 Å². The number of rotatable bonds is 2. The van der Waals surface area contributed by atoms with Gasteiger partial charge in [0.15, 0.2) is 0 Å². The molecule has 1 aromatic heterocycles. The number of amides is 1.